The summed E-state index contributed by atoms with van der Waals surface area (Å²) in [4.78, 5) is 23.7. The molecule has 0 saturated heterocycles. The summed E-state index contributed by atoms with van der Waals surface area (Å²) < 4.78 is 20.7. The highest BCUT2D eigenvalue weighted by Crippen LogP contribution is 2.32. The van der Waals surface area contributed by atoms with Crippen molar-refractivity contribution in [3.8, 4) is 11.5 Å². The standard InChI is InChI=1S/C18H25NO6/c1-11(8-13-6-7-14-15(9-13)23-10-22-14)19-17(21)25-12(2)24-16(20)18(3,4)5/h6-7,9,11-12H,8,10H2,1-5H3,(H,19,21). The van der Waals surface area contributed by atoms with E-state index in [1.807, 2.05) is 25.1 Å². The Morgan fingerprint density at radius 2 is 1.84 bits per heavy atom. The highest BCUT2D eigenvalue weighted by molar-refractivity contribution is 5.75. The van der Waals surface area contributed by atoms with E-state index < -0.39 is 23.8 Å². The Morgan fingerprint density at radius 1 is 1.16 bits per heavy atom. The summed E-state index contributed by atoms with van der Waals surface area (Å²) in [6, 6.07) is 5.49. The molecule has 1 aromatic rings. The van der Waals surface area contributed by atoms with Gasteiger partial charge in [0, 0.05) is 13.0 Å². The molecule has 1 N–H and O–H groups in total. The number of carbonyl (C=O) groups excluding carboxylic acids is 2. The predicted molar refractivity (Wildman–Crippen MR) is 90.4 cm³/mol. The van der Waals surface area contributed by atoms with Gasteiger partial charge in [0.2, 0.25) is 13.1 Å². The smallest absolute Gasteiger partial charge is 0.410 e. The number of rotatable bonds is 5. The second-order valence-corrected chi connectivity index (χ2v) is 7.07. The first kappa shape index (κ1) is 18.9. The number of benzene rings is 1. The first-order valence-electron chi connectivity index (χ1n) is 8.22. The number of ether oxygens (including phenoxy) is 4. The molecule has 0 saturated carbocycles. The Bertz CT molecular complexity index is 637. The summed E-state index contributed by atoms with van der Waals surface area (Å²) in [6.07, 6.45) is -0.992. The molecule has 2 unspecified atom stereocenters. The second-order valence-electron chi connectivity index (χ2n) is 7.07. The molecule has 0 bridgehead atoms. The van der Waals surface area contributed by atoms with Crippen molar-refractivity contribution in [1.82, 2.24) is 5.32 Å². The van der Waals surface area contributed by atoms with E-state index in [4.69, 9.17) is 18.9 Å². The van der Waals surface area contributed by atoms with E-state index in [0.717, 1.165) is 11.3 Å². The van der Waals surface area contributed by atoms with E-state index in [1.54, 1.807) is 20.8 Å². The number of hydrogen-bond donors (Lipinski definition) is 1. The van der Waals surface area contributed by atoms with E-state index in [0.29, 0.717) is 12.2 Å². The van der Waals surface area contributed by atoms with Crippen LogP contribution in [0.3, 0.4) is 0 Å². The summed E-state index contributed by atoms with van der Waals surface area (Å²) in [6.45, 7) is 8.79. The van der Waals surface area contributed by atoms with Crippen molar-refractivity contribution >= 4 is 12.1 Å². The van der Waals surface area contributed by atoms with Gasteiger partial charge in [-0.25, -0.2) is 4.79 Å². The highest BCUT2D eigenvalue weighted by atomic mass is 16.7. The van der Waals surface area contributed by atoms with Crippen molar-refractivity contribution in [2.45, 2.75) is 53.4 Å². The van der Waals surface area contributed by atoms with Crippen LogP contribution in [-0.2, 0) is 20.7 Å². The Morgan fingerprint density at radius 3 is 2.52 bits per heavy atom. The molecule has 1 aliphatic rings. The van der Waals surface area contributed by atoms with E-state index >= 15 is 0 Å². The topological polar surface area (TPSA) is 83.1 Å². The molecule has 1 aliphatic heterocycles. The van der Waals surface area contributed by atoms with Gasteiger partial charge in [-0.1, -0.05) is 6.07 Å². The lowest BCUT2D eigenvalue weighted by molar-refractivity contribution is -0.174. The molecule has 25 heavy (non-hydrogen) atoms. The molecule has 2 atom stereocenters. The fraction of sp³-hybridized carbons (Fsp3) is 0.556. The van der Waals surface area contributed by atoms with Gasteiger partial charge in [-0.2, -0.15) is 0 Å². The third-order valence-electron chi connectivity index (χ3n) is 3.50. The minimum atomic E-state index is -0.954. The van der Waals surface area contributed by atoms with Gasteiger partial charge in [0.25, 0.3) is 0 Å². The van der Waals surface area contributed by atoms with Crippen LogP contribution in [0.4, 0.5) is 4.79 Å². The summed E-state index contributed by atoms with van der Waals surface area (Å²) >= 11 is 0. The number of fused-ring (bicyclic) bond motifs is 1. The number of amides is 1. The van der Waals surface area contributed by atoms with E-state index in [9.17, 15) is 9.59 Å². The summed E-state index contributed by atoms with van der Waals surface area (Å²) in [7, 11) is 0. The largest absolute Gasteiger partial charge is 0.454 e. The first-order valence-corrected chi connectivity index (χ1v) is 8.22. The van der Waals surface area contributed by atoms with Crippen molar-refractivity contribution in [3.05, 3.63) is 23.8 Å². The maximum absolute atomic E-state index is 11.9. The van der Waals surface area contributed by atoms with Crippen molar-refractivity contribution in [3.63, 3.8) is 0 Å². The average Bonchev–Trinajstić information content (AvgIpc) is 2.92. The van der Waals surface area contributed by atoms with Gasteiger partial charge in [-0.05, 0) is 51.8 Å². The number of alkyl carbamates (subject to hydrolysis) is 1. The van der Waals surface area contributed by atoms with Crippen LogP contribution in [0, 0.1) is 5.41 Å². The Kier molecular flexibility index (Phi) is 5.77. The number of hydrogen-bond acceptors (Lipinski definition) is 6. The Balaban J connectivity index is 1.79. The quantitative estimate of drug-likeness (QED) is 0.648. The molecule has 1 aromatic carbocycles. The fourth-order valence-corrected chi connectivity index (χ4v) is 2.21. The highest BCUT2D eigenvalue weighted by Gasteiger charge is 2.26. The van der Waals surface area contributed by atoms with Crippen LogP contribution in [0.5, 0.6) is 11.5 Å². The fourth-order valence-electron chi connectivity index (χ4n) is 2.21. The van der Waals surface area contributed by atoms with Crippen molar-refractivity contribution in [2.24, 2.45) is 5.41 Å². The minimum absolute atomic E-state index is 0.168. The number of nitrogens with one attached hydrogen (secondary N) is 1. The number of carbonyl (C=O) groups is 2. The third-order valence-corrected chi connectivity index (χ3v) is 3.50. The van der Waals surface area contributed by atoms with Gasteiger partial charge in [0.05, 0.1) is 5.41 Å². The van der Waals surface area contributed by atoms with Gasteiger partial charge < -0.3 is 24.3 Å². The monoisotopic (exact) mass is 351 g/mol. The summed E-state index contributed by atoms with van der Waals surface area (Å²) in [5.41, 5.74) is 0.352. The molecule has 0 radical (unpaired) electrons. The van der Waals surface area contributed by atoms with Crippen LogP contribution in [0.15, 0.2) is 18.2 Å². The molecular weight excluding hydrogens is 326 g/mol. The second kappa shape index (κ2) is 7.63. The molecule has 7 heteroatoms. The zero-order valence-electron chi connectivity index (χ0n) is 15.3. The van der Waals surface area contributed by atoms with E-state index in [1.165, 1.54) is 6.92 Å². The van der Waals surface area contributed by atoms with Crippen LogP contribution in [0.1, 0.15) is 40.2 Å². The molecule has 1 heterocycles. The van der Waals surface area contributed by atoms with Crippen LogP contribution < -0.4 is 14.8 Å². The van der Waals surface area contributed by atoms with Gasteiger partial charge >= 0.3 is 12.1 Å². The SMILES string of the molecule is CC(Cc1ccc2c(c1)OCO2)NC(=O)OC(C)OC(=O)C(C)(C)C. The zero-order valence-corrected chi connectivity index (χ0v) is 15.3. The van der Waals surface area contributed by atoms with Gasteiger partial charge in [-0.15, -0.1) is 0 Å². The van der Waals surface area contributed by atoms with Crippen LogP contribution >= 0.6 is 0 Å². The molecule has 138 valence electrons. The lowest BCUT2D eigenvalue weighted by atomic mass is 9.97. The normalized spacial score (nSPS) is 15.2. The van der Waals surface area contributed by atoms with Crippen LogP contribution in [0.2, 0.25) is 0 Å². The minimum Gasteiger partial charge on any atom is -0.454 e. The summed E-state index contributed by atoms with van der Waals surface area (Å²) in [5.74, 6) is 0.995. The van der Waals surface area contributed by atoms with Crippen molar-refractivity contribution < 1.29 is 28.5 Å². The summed E-state index contributed by atoms with van der Waals surface area (Å²) in [5, 5.41) is 2.71. The predicted octanol–water partition coefficient (Wildman–Crippen LogP) is 3.01. The molecule has 1 amide bonds. The van der Waals surface area contributed by atoms with E-state index in [2.05, 4.69) is 5.32 Å². The maximum atomic E-state index is 11.9. The molecule has 2 rings (SSSR count). The molecule has 0 fully saturated rings. The molecule has 0 aliphatic carbocycles. The lowest BCUT2D eigenvalue weighted by Gasteiger charge is -2.21. The lowest BCUT2D eigenvalue weighted by Crippen LogP contribution is -2.38. The number of esters is 1. The van der Waals surface area contributed by atoms with Crippen molar-refractivity contribution in [2.75, 3.05) is 6.79 Å². The zero-order chi connectivity index (χ0) is 18.6. The molecule has 0 aromatic heterocycles. The van der Waals surface area contributed by atoms with E-state index in [-0.39, 0.29) is 12.8 Å². The molecular formula is C18H25NO6. The van der Waals surface area contributed by atoms with Gasteiger partial charge in [0.15, 0.2) is 11.5 Å². The Hall–Kier alpha value is -2.44. The average molecular weight is 351 g/mol. The van der Waals surface area contributed by atoms with Crippen molar-refractivity contribution in [1.29, 1.82) is 0 Å². The Labute approximate surface area is 147 Å². The van der Waals surface area contributed by atoms with Gasteiger partial charge in [-0.3, -0.25) is 4.79 Å². The first-order chi connectivity index (χ1) is 11.6. The van der Waals surface area contributed by atoms with Crippen LogP contribution in [0.25, 0.3) is 0 Å². The molecule has 7 nitrogen and oxygen atoms in total. The third kappa shape index (κ3) is 5.55. The van der Waals surface area contributed by atoms with Gasteiger partial charge in [0.1, 0.15) is 0 Å². The maximum Gasteiger partial charge on any atom is 0.410 e. The van der Waals surface area contributed by atoms with Crippen LogP contribution in [-0.4, -0.2) is 31.2 Å². The molecule has 0 spiro atoms.